The van der Waals surface area contributed by atoms with E-state index in [0.717, 1.165) is 39.1 Å². The fourth-order valence-electron chi connectivity index (χ4n) is 3.63. The van der Waals surface area contributed by atoms with Crippen molar-refractivity contribution >= 4 is 5.91 Å². The van der Waals surface area contributed by atoms with Gasteiger partial charge in [-0.25, -0.2) is 0 Å². The van der Waals surface area contributed by atoms with Gasteiger partial charge in [0.15, 0.2) is 0 Å². The van der Waals surface area contributed by atoms with Crippen LogP contribution in [0.25, 0.3) is 0 Å². The molecule has 0 radical (unpaired) electrons. The maximum atomic E-state index is 12.2. The summed E-state index contributed by atoms with van der Waals surface area (Å²) in [5.74, 6) is 0.279. The van der Waals surface area contributed by atoms with Gasteiger partial charge in [0.05, 0.1) is 5.92 Å². The zero-order chi connectivity index (χ0) is 16.2. The van der Waals surface area contributed by atoms with Crippen molar-refractivity contribution in [3.63, 3.8) is 0 Å². The molecule has 3 unspecified atom stereocenters. The summed E-state index contributed by atoms with van der Waals surface area (Å²) in [5.41, 5.74) is 1.37. The smallest absolute Gasteiger partial charge is 0.226 e. The number of hydrogen-bond donors (Lipinski definition) is 2. The molecule has 2 aliphatic heterocycles. The minimum atomic E-state index is -0.0147. The molecule has 2 saturated heterocycles. The lowest BCUT2D eigenvalue weighted by molar-refractivity contribution is -0.132. The van der Waals surface area contributed by atoms with Crippen LogP contribution in [0.4, 0.5) is 0 Å². The summed E-state index contributed by atoms with van der Waals surface area (Å²) >= 11 is 0. The van der Waals surface area contributed by atoms with E-state index >= 15 is 0 Å². The zero-order valence-electron chi connectivity index (χ0n) is 14.2. The van der Waals surface area contributed by atoms with E-state index in [1.54, 1.807) is 0 Å². The Hall–Kier alpha value is -1.43. The molecule has 0 bridgehead atoms. The lowest BCUT2D eigenvalue weighted by Crippen LogP contribution is -2.68. The van der Waals surface area contributed by atoms with Gasteiger partial charge in [-0.1, -0.05) is 37.3 Å². The van der Waals surface area contributed by atoms with Crippen LogP contribution in [0.1, 0.15) is 25.8 Å². The van der Waals surface area contributed by atoms with Gasteiger partial charge in [0.1, 0.15) is 6.29 Å². The van der Waals surface area contributed by atoms with Gasteiger partial charge in [-0.2, -0.15) is 0 Å². The van der Waals surface area contributed by atoms with Crippen LogP contribution in [0, 0.1) is 5.92 Å². The number of carbonyl (C=O) groups is 1. The van der Waals surface area contributed by atoms with Gasteiger partial charge in [-0.3, -0.25) is 19.9 Å². The number of carbonyl (C=O) groups excluding carboxylic acids is 1. The first kappa shape index (κ1) is 16.4. The number of nitrogens with one attached hydrogen (secondary N) is 2. The third-order valence-corrected chi connectivity index (χ3v) is 5.10. The maximum absolute atomic E-state index is 12.2. The highest BCUT2D eigenvalue weighted by atomic mass is 16.2. The summed E-state index contributed by atoms with van der Waals surface area (Å²) in [4.78, 5) is 17.0. The van der Waals surface area contributed by atoms with Gasteiger partial charge in [0.25, 0.3) is 0 Å². The summed E-state index contributed by atoms with van der Waals surface area (Å²) in [6, 6.07) is 10.9. The van der Waals surface area contributed by atoms with Crippen molar-refractivity contribution in [2.45, 2.75) is 39.1 Å². The molecule has 1 amide bonds. The molecule has 0 saturated carbocycles. The van der Waals surface area contributed by atoms with Gasteiger partial charge in [-0.05, 0) is 18.9 Å². The molecule has 5 heteroatoms. The number of hydrogen-bond acceptors (Lipinski definition) is 4. The Balaban J connectivity index is 1.50. The van der Waals surface area contributed by atoms with Crippen molar-refractivity contribution in [1.29, 1.82) is 0 Å². The number of nitrogens with zero attached hydrogens (tertiary/aromatic N) is 2. The molecule has 2 N–H and O–H groups in total. The topological polar surface area (TPSA) is 47.6 Å². The van der Waals surface area contributed by atoms with Crippen LogP contribution in [0.15, 0.2) is 30.3 Å². The second-order valence-electron chi connectivity index (χ2n) is 6.68. The predicted octanol–water partition coefficient (Wildman–Crippen LogP) is 1.22. The molecule has 0 aromatic heterocycles. The lowest BCUT2D eigenvalue weighted by atomic mass is 9.95. The molecule has 2 heterocycles. The second-order valence-corrected chi connectivity index (χ2v) is 6.68. The largest absolute Gasteiger partial charge is 0.328 e. The first-order valence-electron chi connectivity index (χ1n) is 8.74. The molecule has 3 rings (SSSR count). The first-order chi connectivity index (χ1) is 11.2. The molecule has 2 fully saturated rings. The minimum Gasteiger partial charge on any atom is -0.328 e. The van der Waals surface area contributed by atoms with Crippen molar-refractivity contribution in [1.82, 2.24) is 20.4 Å². The normalized spacial score (nSPS) is 30.2. The monoisotopic (exact) mass is 316 g/mol. The van der Waals surface area contributed by atoms with E-state index in [2.05, 4.69) is 64.6 Å². The molecule has 1 aromatic carbocycles. The number of amides is 1. The molecule has 126 valence electrons. The average molecular weight is 316 g/mol. The number of piperazine rings is 1. The molecule has 5 nitrogen and oxygen atoms in total. The third kappa shape index (κ3) is 3.91. The summed E-state index contributed by atoms with van der Waals surface area (Å²) in [6.45, 7) is 9.23. The molecule has 2 aliphatic rings. The van der Waals surface area contributed by atoms with E-state index in [9.17, 15) is 4.79 Å². The van der Waals surface area contributed by atoms with Crippen LogP contribution in [-0.4, -0.2) is 54.2 Å². The standard InChI is InChI=1S/C18H28N4O/c1-3-16-14(2)19-18(20-17(16)23)22-11-9-21(10-12-22)13-15-7-5-4-6-8-15/h4-8,14,16,18-19H,3,9-13H2,1-2H3,(H,20,23). The SMILES string of the molecule is CCC1C(=O)NC(N2CCN(Cc3ccccc3)CC2)NC1C. The highest BCUT2D eigenvalue weighted by Gasteiger charge is 2.35. The van der Waals surface area contributed by atoms with Crippen molar-refractivity contribution in [2.75, 3.05) is 26.2 Å². The van der Waals surface area contributed by atoms with Crippen molar-refractivity contribution < 1.29 is 4.79 Å². The van der Waals surface area contributed by atoms with Gasteiger partial charge in [0.2, 0.25) is 5.91 Å². The summed E-state index contributed by atoms with van der Waals surface area (Å²) in [5, 5.41) is 6.70. The second kappa shape index (κ2) is 7.43. The Morgan fingerprint density at radius 1 is 1.13 bits per heavy atom. The quantitative estimate of drug-likeness (QED) is 0.877. The summed E-state index contributed by atoms with van der Waals surface area (Å²) in [6.07, 6.45) is 0.872. The van der Waals surface area contributed by atoms with Gasteiger partial charge >= 0.3 is 0 Å². The highest BCUT2D eigenvalue weighted by molar-refractivity contribution is 5.80. The Morgan fingerprint density at radius 3 is 2.43 bits per heavy atom. The first-order valence-corrected chi connectivity index (χ1v) is 8.74. The summed E-state index contributed by atoms with van der Waals surface area (Å²) < 4.78 is 0. The molecule has 3 atom stereocenters. The molecule has 0 spiro atoms. The zero-order valence-corrected chi connectivity index (χ0v) is 14.2. The van der Waals surface area contributed by atoms with Crippen LogP contribution in [0.5, 0.6) is 0 Å². The van der Waals surface area contributed by atoms with Crippen LogP contribution in [0.2, 0.25) is 0 Å². The van der Waals surface area contributed by atoms with E-state index in [-0.39, 0.29) is 24.2 Å². The fraction of sp³-hybridized carbons (Fsp3) is 0.611. The van der Waals surface area contributed by atoms with Crippen molar-refractivity contribution in [2.24, 2.45) is 5.92 Å². The Bertz CT molecular complexity index is 513. The Morgan fingerprint density at radius 2 is 1.83 bits per heavy atom. The molecule has 1 aromatic rings. The van der Waals surface area contributed by atoms with Crippen molar-refractivity contribution in [3.8, 4) is 0 Å². The van der Waals surface area contributed by atoms with Crippen LogP contribution < -0.4 is 10.6 Å². The van der Waals surface area contributed by atoms with E-state index < -0.39 is 0 Å². The Kier molecular flexibility index (Phi) is 5.30. The van der Waals surface area contributed by atoms with Crippen molar-refractivity contribution in [3.05, 3.63) is 35.9 Å². The molecule has 0 aliphatic carbocycles. The summed E-state index contributed by atoms with van der Waals surface area (Å²) in [7, 11) is 0. The lowest BCUT2D eigenvalue weighted by Gasteiger charge is -2.44. The number of rotatable bonds is 4. The van der Waals surface area contributed by atoms with Gasteiger partial charge in [0, 0.05) is 38.8 Å². The highest BCUT2D eigenvalue weighted by Crippen LogP contribution is 2.16. The fourth-order valence-corrected chi connectivity index (χ4v) is 3.63. The maximum Gasteiger partial charge on any atom is 0.226 e. The molecular formula is C18H28N4O. The molecular weight excluding hydrogens is 288 g/mol. The number of benzene rings is 1. The van der Waals surface area contributed by atoms with Crippen LogP contribution in [0.3, 0.4) is 0 Å². The molecule has 23 heavy (non-hydrogen) atoms. The van der Waals surface area contributed by atoms with E-state index in [1.165, 1.54) is 5.56 Å². The van der Waals surface area contributed by atoms with Gasteiger partial charge in [-0.15, -0.1) is 0 Å². The predicted molar refractivity (Wildman–Crippen MR) is 91.6 cm³/mol. The Labute approximate surface area is 139 Å². The van der Waals surface area contributed by atoms with Crippen LogP contribution >= 0.6 is 0 Å². The average Bonchev–Trinajstić information content (AvgIpc) is 2.56. The van der Waals surface area contributed by atoms with E-state index in [0.29, 0.717) is 0 Å². The van der Waals surface area contributed by atoms with E-state index in [4.69, 9.17) is 0 Å². The third-order valence-electron chi connectivity index (χ3n) is 5.10. The van der Waals surface area contributed by atoms with Crippen LogP contribution in [-0.2, 0) is 11.3 Å². The van der Waals surface area contributed by atoms with E-state index in [1.807, 2.05) is 0 Å². The minimum absolute atomic E-state index is 0.0147. The van der Waals surface area contributed by atoms with Gasteiger partial charge < -0.3 is 5.32 Å².